The van der Waals surface area contributed by atoms with E-state index < -0.39 is 0 Å². The molecule has 1 N–H and O–H groups in total. The van der Waals surface area contributed by atoms with Crippen LogP contribution >= 0.6 is 24.0 Å². The SMILES string of the molecule is Cl.ON=C(Cl)c1ccc2ncccc2c1. The minimum absolute atomic E-state index is 0. The highest BCUT2D eigenvalue weighted by Crippen LogP contribution is 2.14. The van der Waals surface area contributed by atoms with Crippen LogP contribution in [0.1, 0.15) is 5.56 Å². The molecule has 3 nitrogen and oxygen atoms in total. The molecule has 0 amide bonds. The van der Waals surface area contributed by atoms with E-state index in [1.807, 2.05) is 24.3 Å². The quantitative estimate of drug-likeness (QED) is 0.475. The van der Waals surface area contributed by atoms with Crippen LogP contribution in [0, 0.1) is 0 Å². The highest BCUT2D eigenvalue weighted by molar-refractivity contribution is 6.69. The summed E-state index contributed by atoms with van der Waals surface area (Å²) in [6.07, 6.45) is 1.73. The highest BCUT2D eigenvalue weighted by atomic mass is 35.5. The number of aromatic nitrogens is 1. The van der Waals surface area contributed by atoms with Gasteiger partial charge in [-0.25, -0.2) is 0 Å². The van der Waals surface area contributed by atoms with Crippen molar-refractivity contribution in [2.45, 2.75) is 0 Å². The Balaban J connectivity index is 0.00000112. The topological polar surface area (TPSA) is 45.5 Å². The molecule has 0 unspecified atom stereocenters. The van der Waals surface area contributed by atoms with Gasteiger partial charge in [0.2, 0.25) is 0 Å². The second kappa shape index (κ2) is 4.96. The second-order valence-corrected chi connectivity index (χ2v) is 3.16. The Kier molecular flexibility index (Phi) is 3.88. The number of hydrogen-bond acceptors (Lipinski definition) is 3. The third kappa shape index (κ3) is 2.37. The smallest absolute Gasteiger partial charge is 0.175 e. The first-order chi connectivity index (χ1) is 6.81. The Morgan fingerprint density at radius 1 is 1.33 bits per heavy atom. The van der Waals surface area contributed by atoms with E-state index in [-0.39, 0.29) is 17.6 Å². The molecule has 0 bridgehead atoms. The number of oxime groups is 1. The lowest BCUT2D eigenvalue weighted by Gasteiger charge is -1.99. The maximum atomic E-state index is 8.50. The predicted octanol–water partition coefficient (Wildman–Crippen LogP) is 3.03. The molecule has 5 heteroatoms. The molecule has 1 heterocycles. The number of nitrogens with zero attached hydrogens (tertiary/aromatic N) is 2. The fraction of sp³-hybridized carbons (Fsp3) is 0. The van der Waals surface area contributed by atoms with Crippen molar-refractivity contribution in [1.82, 2.24) is 4.98 Å². The van der Waals surface area contributed by atoms with Gasteiger partial charge >= 0.3 is 0 Å². The molecule has 0 radical (unpaired) electrons. The Hall–Kier alpha value is -1.32. The Labute approximate surface area is 97.8 Å². The molecule has 15 heavy (non-hydrogen) atoms. The average molecular weight is 243 g/mol. The lowest BCUT2D eigenvalue weighted by atomic mass is 10.1. The summed E-state index contributed by atoms with van der Waals surface area (Å²) in [4.78, 5) is 4.16. The molecule has 0 fully saturated rings. The van der Waals surface area contributed by atoms with Crippen LogP contribution in [0.2, 0.25) is 0 Å². The fourth-order valence-corrected chi connectivity index (χ4v) is 1.38. The summed E-state index contributed by atoms with van der Waals surface area (Å²) in [6.45, 7) is 0. The van der Waals surface area contributed by atoms with E-state index in [4.69, 9.17) is 16.8 Å². The molecule has 0 atom stereocenters. The van der Waals surface area contributed by atoms with Gasteiger partial charge in [-0.05, 0) is 24.3 Å². The van der Waals surface area contributed by atoms with Gasteiger partial charge in [-0.3, -0.25) is 4.98 Å². The largest absolute Gasteiger partial charge is 0.410 e. The summed E-state index contributed by atoms with van der Waals surface area (Å²) in [5.41, 5.74) is 1.56. The number of pyridine rings is 1. The molecule has 0 aliphatic carbocycles. The van der Waals surface area contributed by atoms with E-state index in [9.17, 15) is 0 Å². The van der Waals surface area contributed by atoms with Crippen LogP contribution in [0.4, 0.5) is 0 Å². The van der Waals surface area contributed by atoms with Gasteiger partial charge in [0.1, 0.15) is 0 Å². The summed E-state index contributed by atoms with van der Waals surface area (Å²) in [5, 5.41) is 12.5. The standard InChI is InChI=1S/C10H7ClN2O.ClH/c11-10(13-14)8-3-4-9-7(6-8)2-1-5-12-9;/h1-6,14H;1H. The average Bonchev–Trinajstić information content (AvgIpc) is 2.27. The van der Waals surface area contributed by atoms with E-state index in [1.165, 1.54) is 0 Å². The lowest BCUT2D eigenvalue weighted by molar-refractivity contribution is 0.321. The first-order valence-electron chi connectivity index (χ1n) is 4.04. The second-order valence-electron chi connectivity index (χ2n) is 2.80. The maximum absolute atomic E-state index is 8.50. The van der Waals surface area contributed by atoms with Gasteiger partial charge in [-0.15, -0.1) is 12.4 Å². The number of halogens is 2. The predicted molar refractivity (Wildman–Crippen MR) is 63.2 cm³/mol. The number of rotatable bonds is 1. The summed E-state index contributed by atoms with van der Waals surface area (Å²) in [5.74, 6) is 0. The summed E-state index contributed by atoms with van der Waals surface area (Å²) < 4.78 is 0. The van der Waals surface area contributed by atoms with Crippen LogP contribution in [0.3, 0.4) is 0 Å². The first-order valence-corrected chi connectivity index (χ1v) is 4.42. The molecule has 0 spiro atoms. The monoisotopic (exact) mass is 242 g/mol. The molecule has 2 aromatic rings. The molecule has 0 aliphatic rings. The molecule has 0 saturated heterocycles. The summed E-state index contributed by atoms with van der Waals surface area (Å²) >= 11 is 5.67. The lowest BCUT2D eigenvalue weighted by Crippen LogP contribution is -1.90. The van der Waals surface area contributed by atoms with Gasteiger partial charge in [-0.1, -0.05) is 22.8 Å². The van der Waals surface area contributed by atoms with Crippen molar-refractivity contribution < 1.29 is 5.21 Å². The van der Waals surface area contributed by atoms with E-state index in [2.05, 4.69) is 10.1 Å². The molecule has 1 aromatic heterocycles. The zero-order valence-corrected chi connectivity index (χ0v) is 9.16. The van der Waals surface area contributed by atoms with Gasteiger partial charge < -0.3 is 5.21 Å². The van der Waals surface area contributed by atoms with Gasteiger partial charge in [0.25, 0.3) is 0 Å². The van der Waals surface area contributed by atoms with E-state index in [0.29, 0.717) is 5.56 Å². The number of fused-ring (bicyclic) bond motifs is 1. The van der Waals surface area contributed by atoms with Gasteiger partial charge in [-0.2, -0.15) is 0 Å². The van der Waals surface area contributed by atoms with E-state index in [0.717, 1.165) is 10.9 Å². The van der Waals surface area contributed by atoms with Crippen molar-refractivity contribution in [3.05, 3.63) is 42.1 Å². The van der Waals surface area contributed by atoms with Gasteiger partial charge in [0.15, 0.2) is 5.17 Å². The summed E-state index contributed by atoms with van der Waals surface area (Å²) in [7, 11) is 0. The fourth-order valence-electron chi connectivity index (χ4n) is 1.26. The minimum atomic E-state index is 0. The van der Waals surface area contributed by atoms with Crippen LogP contribution < -0.4 is 0 Å². The molecule has 78 valence electrons. The van der Waals surface area contributed by atoms with Crippen molar-refractivity contribution in [1.29, 1.82) is 0 Å². The molecule has 0 saturated carbocycles. The van der Waals surface area contributed by atoms with E-state index >= 15 is 0 Å². The third-order valence-electron chi connectivity index (χ3n) is 1.93. The zero-order valence-electron chi connectivity index (χ0n) is 7.59. The van der Waals surface area contributed by atoms with Crippen LogP contribution in [0.25, 0.3) is 10.9 Å². The summed E-state index contributed by atoms with van der Waals surface area (Å²) in [6, 6.07) is 9.18. The third-order valence-corrected chi connectivity index (χ3v) is 2.22. The van der Waals surface area contributed by atoms with Crippen LogP contribution in [0.15, 0.2) is 41.7 Å². The highest BCUT2D eigenvalue weighted by Gasteiger charge is 2.01. The van der Waals surface area contributed by atoms with Crippen molar-refractivity contribution in [2.24, 2.45) is 5.16 Å². The van der Waals surface area contributed by atoms with Gasteiger partial charge in [0, 0.05) is 17.1 Å². The molecule has 2 rings (SSSR count). The Morgan fingerprint density at radius 2 is 2.13 bits per heavy atom. The number of benzene rings is 1. The van der Waals surface area contributed by atoms with Crippen LogP contribution in [-0.4, -0.2) is 15.4 Å². The van der Waals surface area contributed by atoms with Gasteiger partial charge in [0.05, 0.1) is 5.52 Å². The maximum Gasteiger partial charge on any atom is 0.175 e. The van der Waals surface area contributed by atoms with Crippen LogP contribution in [-0.2, 0) is 0 Å². The van der Waals surface area contributed by atoms with Crippen molar-refractivity contribution >= 4 is 40.1 Å². The van der Waals surface area contributed by atoms with Crippen molar-refractivity contribution in [3.63, 3.8) is 0 Å². The molecule has 0 aliphatic heterocycles. The Bertz CT molecular complexity index is 500. The molecule has 1 aromatic carbocycles. The number of hydrogen-bond donors (Lipinski definition) is 1. The van der Waals surface area contributed by atoms with Crippen LogP contribution in [0.5, 0.6) is 0 Å². The Morgan fingerprint density at radius 3 is 2.87 bits per heavy atom. The first kappa shape index (κ1) is 11.8. The minimum Gasteiger partial charge on any atom is -0.410 e. The normalized spacial score (nSPS) is 11.1. The van der Waals surface area contributed by atoms with E-state index in [1.54, 1.807) is 12.3 Å². The molecular formula is C10H8Cl2N2O. The van der Waals surface area contributed by atoms with Crippen molar-refractivity contribution in [2.75, 3.05) is 0 Å². The molecular weight excluding hydrogens is 235 g/mol. The zero-order chi connectivity index (χ0) is 9.97. The van der Waals surface area contributed by atoms with Crippen molar-refractivity contribution in [3.8, 4) is 0 Å².